The van der Waals surface area contributed by atoms with Gasteiger partial charge in [0.2, 0.25) is 0 Å². The van der Waals surface area contributed by atoms with Gasteiger partial charge in [-0.2, -0.15) is 5.10 Å². The highest BCUT2D eigenvalue weighted by Gasteiger charge is 2.17. The standard InChI is InChI=1S/C18H23N5O2/c1-14-3-2-4-15(13-14)23-11-9-22(10-12-23)8-7-19-18(25)16-5-6-17(24)21-20-16/h2-6,13H,7-12H2,1H3,(H,19,25)(H,21,24). The van der Waals surface area contributed by atoms with Crippen molar-refractivity contribution in [3.8, 4) is 0 Å². The summed E-state index contributed by atoms with van der Waals surface area (Å²) in [6.07, 6.45) is 0. The Hall–Kier alpha value is -2.67. The van der Waals surface area contributed by atoms with E-state index in [-0.39, 0.29) is 17.2 Å². The van der Waals surface area contributed by atoms with Gasteiger partial charge in [0.25, 0.3) is 11.5 Å². The van der Waals surface area contributed by atoms with E-state index < -0.39 is 0 Å². The first-order chi connectivity index (χ1) is 12.1. The van der Waals surface area contributed by atoms with E-state index in [1.54, 1.807) is 0 Å². The van der Waals surface area contributed by atoms with Crippen LogP contribution >= 0.6 is 0 Å². The fourth-order valence-corrected chi connectivity index (χ4v) is 2.94. The molecule has 0 spiro atoms. The van der Waals surface area contributed by atoms with Gasteiger partial charge in [0.15, 0.2) is 0 Å². The van der Waals surface area contributed by atoms with Crippen LogP contribution in [0.5, 0.6) is 0 Å². The van der Waals surface area contributed by atoms with Crippen molar-refractivity contribution in [3.63, 3.8) is 0 Å². The molecule has 0 aliphatic carbocycles. The lowest BCUT2D eigenvalue weighted by Crippen LogP contribution is -2.48. The molecule has 0 saturated carbocycles. The van der Waals surface area contributed by atoms with Gasteiger partial charge < -0.3 is 10.2 Å². The van der Waals surface area contributed by atoms with E-state index in [1.807, 2.05) is 0 Å². The zero-order valence-electron chi connectivity index (χ0n) is 14.4. The van der Waals surface area contributed by atoms with Gasteiger partial charge in [-0.3, -0.25) is 14.5 Å². The number of anilines is 1. The molecular formula is C18H23N5O2. The lowest BCUT2D eigenvalue weighted by Gasteiger charge is -2.36. The number of carbonyl (C=O) groups is 1. The molecule has 3 rings (SSSR count). The zero-order valence-corrected chi connectivity index (χ0v) is 14.4. The molecule has 1 aromatic heterocycles. The first-order valence-corrected chi connectivity index (χ1v) is 8.50. The van der Waals surface area contributed by atoms with Crippen molar-refractivity contribution in [2.24, 2.45) is 0 Å². The number of carbonyl (C=O) groups excluding carboxylic acids is 1. The summed E-state index contributed by atoms with van der Waals surface area (Å²) in [5, 5.41) is 8.82. The van der Waals surface area contributed by atoms with Crippen LogP contribution in [0.4, 0.5) is 5.69 Å². The van der Waals surface area contributed by atoms with Crippen molar-refractivity contribution >= 4 is 11.6 Å². The average Bonchev–Trinajstić information content (AvgIpc) is 2.63. The molecule has 132 valence electrons. The van der Waals surface area contributed by atoms with E-state index >= 15 is 0 Å². The van der Waals surface area contributed by atoms with Crippen LogP contribution in [0.3, 0.4) is 0 Å². The molecule has 1 aromatic carbocycles. The minimum absolute atomic E-state index is 0.226. The predicted octanol–water partition coefficient (Wildman–Crippen LogP) is 0.630. The summed E-state index contributed by atoms with van der Waals surface area (Å²) in [6, 6.07) is 11.3. The molecule has 0 unspecified atom stereocenters. The Morgan fingerprint density at radius 3 is 2.68 bits per heavy atom. The Morgan fingerprint density at radius 1 is 1.20 bits per heavy atom. The van der Waals surface area contributed by atoms with Crippen LogP contribution in [-0.4, -0.2) is 60.3 Å². The number of benzene rings is 1. The molecule has 1 amide bonds. The highest BCUT2D eigenvalue weighted by atomic mass is 16.2. The number of hydrogen-bond acceptors (Lipinski definition) is 5. The van der Waals surface area contributed by atoms with Crippen LogP contribution in [0, 0.1) is 6.92 Å². The van der Waals surface area contributed by atoms with Gasteiger partial charge in [0, 0.05) is 51.0 Å². The van der Waals surface area contributed by atoms with Crippen molar-refractivity contribution < 1.29 is 4.79 Å². The van der Waals surface area contributed by atoms with E-state index in [4.69, 9.17) is 0 Å². The van der Waals surface area contributed by atoms with Gasteiger partial charge in [-0.05, 0) is 30.7 Å². The largest absolute Gasteiger partial charge is 0.369 e. The quantitative estimate of drug-likeness (QED) is 0.834. The van der Waals surface area contributed by atoms with Gasteiger partial charge in [-0.1, -0.05) is 12.1 Å². The number of aromatic nitrogens is 2. The Labute approximate surface area is 146 Å². The van der Waals surface area contributed by atoms with Gasteiger partial charge in [-0.15, -0.1) is 0 Å². The summed E-state index contributed by atoms with van der Waals surface area (Å²) in [6.45, 7) is 7.39. The highest BCUT2D eigenvalue weighted by molar-refractivity contribution is 5.91. The smallest absolute Gasteiger partial charge is 0.271 e. The number of aromatic amines is 1. The third-order valence-electron chi connectivity index (χ3n) is 4.36. The van der Waals surface area contributed by atoms with E-state index in [1.165, 1.54) is 23.4 Å². The Bertz CT molecular complexity index is 761. The highest BCUT2D eigenvalue weighted by Crippen LogP contribution is 2.17. The molecule has 2 aromatic rings. The molecule has 1 aliphatic rings. The molecule has 7 heteroatoms. The van der Waals surface area contributed by atoms with E-state index in [0.29, 0.717) is 6.54 Å². The molecule has 2 N–H and O–H groups in total. The molecule has 0 radical (unpaired) electrons. The number of H-pyrrole nitrogens is 1. The molecule has 1 saturated heterocycles. The van der Waals surface area contributed by atoms with E-state index in [2.05, 4.69) is 56.5 Å². The van der Waals surface area contributed by atoms with Gasteiger partial charge in [0.05, 0.1) is 0 Å². The van der Waals surface area contributed by atoms with E-state index in [0.717, 1.165) is 32.7 Å². The number of nitrogens with zero attached hydrogens (tertiary/aromatic N) is 3. The third-order valence-corrected chi connectivity index (χ3v) is 4.36. The first-order valence-electron chi connectivity index (χ1n) is 8.50. The maximum Gasteiger partial charge on any atom is 0.271 e. The second-order valence-corrected chi connectivity index (χ2v) is 6.23. The molecular weight excluding hydrogens is 318 g/mol. The lowest BCUT2D eigenvalue weighted by molar-refractivity contribution is 0.0941. The monoisotopic (exact) mass is 341 g/mol. The number of piperazine rings is 1. The number of amides is 1. The number of rotatable bonds is 5. The summed E-state index contributed by atoms with van der Waals surface area (Å²) < 4.78 is 0. The number of hydrogen-bond donors (Lipinski definition) is 2. The second-order valence-electron chi connectivity index (χ2n) is 6.23. The van der Waals surface area contributed by atoms with Crippen molar-refractivity contribution in [3.05, 3.63) is 58.0 Å². The zero-order chi connectivity index (χ0) is 17.6. The second kappa shape index (κ2) is 7.94. The summed E-state index contributed by atoms with van der Waals surface area (Å²) in [5.74, 6) is -0.269. The summed E-state index contributed by atoms with van der Waals surface area (Å²) in [7, 11) is 0. The number of aryl methyl sites for hydroxylation is 1. The van der Waals surface area contributed by atoms with Crippen LogP contribution in [0.1, 0.15) is 16.1 Å². The lowest BCUT2D eigenvalue weighted by atomic mass is 10.2. The fourth-order valence-electron chi connectivity index (χ4n) is 2.94. The Balaban J connectivity index is 1.41. The molecule has 0 atom stereocenters. The molecule has 25 heavy (non-hydrogen) atoms. The first kappa shape index (κ1) is 17.2. The summed E-state index contributed by atoms with van der Waals surface area (Å²) in [5.41, 5.74) is 2.46. The summed E-state index contributed by atoms with van der Waals surface area (Å²) >= 11 is 0. The van der Waals surface area contributed by atoms with E-state index in [9.17, 15) is 9.59 Å². The number of nitrogens with one attached hydrogen (secondary N) is 2. The topological polar surface area (TPSA) is 81.3 Å². The van der Waals surface area contributed by atoms with Crippen molar-refractivity contribution in [2.75, 3.05) is 44.2 Å². The van der Waals surface area contributed by atoms with Crippen molar-refractivity contribution in [1.82, 2.24) is 20.4 Å². The van der Waals surface area contributed by atoms with Crippen LogP contribution in [0.2, 0.25) is 0 Å². The fraction of sp³-hybridized carbons (Fsp3) is 0.389. The summed E-state index contributed by atoms with van der Waals surface area (Å²) in [4.78, 5) is 27.6. The molecule has 1 fully saturated rings. The van der Waals surface area contributed by atoms with Gasteiger partial charge >= 0.3 is 0 Å². The molecule has 1 aliphatic heterocycles. The molecule has 2 heterocycles. The Kier molecular flexibility index (Phi) is 5.45. The normalized spacial score (nSPS) is 15.2. The van der Waals surface area contributed by atoms with Crippen LogP contribution in [0.25, 0.3) is 0 Å². The predicted molar refractivity (Wildman–Crippen MR) is 97.0 cm³/mol. The minimum Gasteiger partial charge on any atom is -0.369 e. The van der Waals surface area contributed by atoms with Crippen molar-refractivity contribution in [1.29, 1.82) is 0 Å². The maximum atomic E-state index is 11.9. The van der Waals surface area contributed by atoms with Crippen LogP contribution < -0.4 is 15.8 Å². The SMILES string of the molecule is Cc1cccc(N2CCN(CCNC(=O)c3ccc(=O)[nH]n3)CC2)c1. The van der Waals surface area contributed by atoms with Gasteiger partial charge in [0.1, 0.15) is 5.69 Å². The Morgan fingerprint density at radius 2 is 2.00 bits per heavy atom. The molecule has 7 nitrogen and oxygen atoms in total. The van der Waals surface area contributed by atoms with Crippen LogP contribution in [0.15, 0.2) is 41.2 Å². The third kappa shape index (κ3) is 4.67. The maximum absolute atomic E-state index is 11.9. The van der Waals surface area contributed by atoms with Gasteiger partial charge in [-0.25, -0.2) is 5.10 Å². The minimum atomic E-state index is -0.317. The average molecular weight is 341 g/mol. The van der Waals surface area contributed by atoms with Crippen LogP contribution in [-0.2, 0) is 0 Å². The molecule has 0 bridgehead atoms. The van der Waals surface area contributed by atoms with Crippen molar-refractivity contribution in [2.45, 2.75) is 6.92 Å².